The predicted octanol–water partition coefficient (Wildman–Crippen LogP) is 8.48. The van der Waals surface area contributed by atoms with Crippen LogP contribution in [0.1, 0.15) is 41.6 Å². The summed E-state index contributed by atoms with van der Waals surface area (Å²) >= 11 is 1.67. The predicted molar refractivity (Wildman–Crippen MR) is 198 cm³/mol. The van der Waals surface area contributed by atoms with E-state index in [0.29, 0.717) is 23.7 Å². The highest BCUT2D eigenvalue weighted by Gasteiger charge is 2.38. The number of aliphatic hydroxyl groups is 2. The molecule has 1 saturated heterocycles. The number of rotatable bonds is 13. The van der Waals surface area contributed by atoms with E-state index in [1.807, 2.05) is 103 Å². The molecule has 6 rings (SSSR count). The molecule has 1 fully saturated rings. The van der Waals surface area contributed by atoms with Gasteiger partial charge in [-0.05, 0) is 64.2 Å². The fourth-order valence-corrected chi connectivity index (χ4v) is 6.84. The molecule has 4 N–H and O–H groups in total. The number of urea groups is 1. The molecule has 0 unspecified atom stereocenters. The SMILES string of the molecule is C[C@H]1[C@@H](CSCCO)O[C@@H](c2ccc(-c3ccccc3CNC(=O)Nc3ccc(Oc4ccccc4)cc3)cc2)O[C@H]1c1ccc(CO)cc1. The van der Waals surface area contributed by atoms with Crippen LogP contribution in [0.3, 0.4) is 0 Å². The van der Waals surface area contributed by atoms with Crippen LogP contribution >= 0.6 is 11.8 Å². The van der Waals surface area contributed by atoms with E-state index in [-0.39, 0.29) is 37.4 Å². The first kappa shape index (κ1) is 35.2. The lowest BCUT2D eigenvalue weighted by atomic mass is 9.91. The summed E-state index contributed by atoms with van der Waals surface area (Å²) in [5.41, 5.74) is 6.46. The highest BCUT2D eigenvalue weighted by atomic mass is 32.2. The van der Waals surface area contributed by atoms with E-state index in [4.69, 9.17) is 14.2 Å². The maximum atomic E-state index is 12.8. The molecule has 50 heavy (non-hydrogen) atoms. The molecule has 1 heterocycles. The van der Waals surface area contributed by atoms with E-state index in [2.05, 4.69) is 29.7 Å². The third-order valence-corrected chi connectivity index (χ3v) is 9.72. The second-order valence-corrected chi connectivity index (χ2v) is 13.3. The zero-order chi connectivity index (χ0) is 34.7. The monoisotopic (exact) mass is 690 g/mol. The van der Waals surface area contributed by atoms with Gasteiger partial charge in [0.1, 0.15) is 11.5 Å². The maximum absolute atomic E-state index is 12.8. The Morgan fingerprint density at radius 2 is 1.46 bits per heavy atom. The fraction of sp³-hybridized carbons (Fsp3) is 0.244. The van der Waals surface area contributed by atoms with Gasteiger partial charge in [0.2, 0.25) is 0 Å². The van der Waals surface area contributed by atoms with Gasteiger partial charge in [0.15, 0.2) is 6.29 Å². The molecule has 2 amide bonds. The smallest absolute Gasteiger partial charge is 0.319 e. The van der Waals surface area contributed by atoms with Crippen LogP contribution in [0, 0.1) is 5.92 Å². The summed E-state index contributed by atoms with van der Waals surface area (Å²) in [4.78, 5) is 12.8. The minimum Gasteiger partial charge on any atom is -0.457 e. The van der Waals surface area contributed by atoms with Crippen LogP contribution in [0.15, 0.2) is 127 Å². The minimum atomic E-state index is -0.568. The van der Waals surface area contributed by atoms with Crippen LogP contribution in [0.2, 0.25) is 0 Å². The topological polar surface area (TPSA) is 109 Å². The third-order valence-electron chi connectivity index (χ3n) is 8.68. The van der Waals surface area contributed by atoms with Gasteiger partial charge in [-0.1, -0.05) is 97.9 Å². The van der Waals surface area contributed by atoms with Crippen LogP contribution in [0.4, 0.5) is 10.5 Å². The number of aliphatic hydroxyl groups excluding tert-OH is 2. The van der Waals surface area contributed by atoms with Gasteiger partial charge in [-0.25, -0.2) is 4.79 Å². The van der Waals surface area contributed by atoms with Crippen molar-refractivity contribution in [1.29, 1.82) is 0 Å². The lowest BCUT2D eigenvalue weighted by molar-refractivity contribution is -0.268. The summed E-state index contributed by atoms with van der Waals surface area (Å²) in [6.07, 6.45) is -0.840. The van der Waals surface area contributed by atoms with Crippen LogP contribution in [-0.4, -0.2) is 40.5 Å². The number of hydrogen-bond donors (Lipinski definition) is 4. The largest absolute Gasteiger partial charge is 0.457 e. The van der Waals surface area contributed by atoms with Crippen molar-refractivity contribution < 1.29 is 29.2 Å². The number of hydrogen-bond acceptors (Lipinski definition) is 7. The Kier molecular flexibility index (Phi) is 12.2. The maximum Gasteiger partial charge on any atom is 0.319 e. The first-order chi connectivity index (χ1) is 24.5. The van der Waals surface area contributed by atoms with Crippen molar-refractivity contribution in [3.05, 3.63) is 150 Å². The van der Waals surface area contributed by atoms with Gasteiger partial charge in [0.05, 0.1) is 25.4 Å². The van der Waals surface area contributed by atoms with Crippen molar-refractivity contribution in [2.24, 2.45) is 5.92 Å². The number of amides is 2. The Balaban J connectivity index is 1.10. The molecular formula is C41H42N2O6S. The van der Waals surface area contributed by atoms with Crippen molar-refractivity contribution in [2.45, 2.75) is 38.6 Å². The number of nitrogens with one attached hydrogen (secondary N) is 2. The van der Waals surface area contributed by atoms with E-state index in [9.17, 15) is 15.0 Å². The normalized spacial score (nSPS) is 18.7. The summed E-state index contributed by atoms with van der Waals surface area (Å²) in [6, 6.07) is 40.5. The minimum absolute atomic E-state index is 0.00720. The molecule has 4 atom stereocenters. The summed E-state index contributed by atoms with van der Waals surface area (Å²) in [5.74, 6) is 2.91. The Morgan fingerprint density at radius 1 is 0.780 bits per heavy atom. The average Bonchev–Trinajstić information content (AvgIpc) is 3.16. The Hall–Kier alpha value is -4.64. The zero-order valence-electron chi connectivity index (χ0n) is 27.9. The second kappa shape index (κ2) is 17.3. The highest BCUT2D eigenvalue weighted by Crippen LogP contribution is 2.42. The molecule has 0 bridgehead atoms. The molecule has 0 aliphatic carbocycles. The first-order valence-corrected chi connectivity index (χ1v) is 17.9. The van der Waals surface area contributed by atoms with E-state index >= 15 is 0 Å². The Bertz CT molecular complexity index is 1800. The molecule has 1 aliphatic rings. The summed E-state index contributed by atoms with van der Waals surface area (Å²) in [6.45, 7) is 2.60. The molecule has 0 aromatic heterocycles. The van der Waals surface area contributed by atoms with Crippen LogP contribution < -0.4 is 15.4 Å². The van der Waals surface area contributed by atoms with Gasteiger partial charge in [-0.15, -0.1) is 0 Å². The van der Waals surface area contributed by atoms with E-state index in [0.717, 1.165) is 44.9 Å². The highest BCUT2D eigenvalue weighted by molar-refractivity contribution is 7.99. The molecule has 0 radical (unpaired) electrons. The van der Waals surface area contributed by atoms with Crippen LogP contribution in [0.25, 0.3) is 11.1 Å². The summed E-state index contributed by atoms with van der Waals surface area (Å²) < 4.78 is 19.0. The number of anilines is 1. The van der Waals surface area contributed by atoms with Gasteiger partial charge < -0.3 is 35.1 Å². The number of ether oxygens (including phenoxy) is 3. The van der Waals surface area contributed by atoms with Crippen molar-refractivity contribution in [1.82, 2.24) is 5.32 Å². The van der Waals surface area contributed by atoms with E-state index < -0.39 is 6.29 Å². The lowest BCUT2D eigenvalue weighted by Crippen LogP contribution is -2.38. The van der Waals surface area contributed by atoms with Gasteiger partial charge in [-0.2, -0.15) is 11.8 Å². The Labute approximate surface area is 297 Å². The van der Waals surface area contributed by atoms with Gasteiger partial charge >= 0.3 is 6.03 Å². The number of para-hydroxylation sites is 1. The lowest BCUT2D eigenvalue weighted by Gasteiger charge is -2.41. The molecule has 5 aromatic carbocycles. The number of carbonyl (C=O) groups is 1. The number of thioether (sulfide) groups is 1. The average molecular weight is 691 g/mol. The number of benzene rings is 5. The Morgan fingerprint density at radius 3 is 2.18 bits per heavy atom. The van der Waals surface area contributed by atoms with Crippen LogP contribution in [0.5, 0.6) is 11.5 Å². The van der Waals surface area contributed by atoms with E-state index in [1.54, 1.807) is 23.9 Å². The molecule has 0 spiro atoms. The quantitative estimate of drug-likeness (QED) is 0.0918. The number of carbonyl (C=O) groups excluding carboxylic acids is 1. The van der Waals surface area contributed by atoms with Gasteiger partial charge in [-0.3, -0.25) is 0 Å². The van der Waals surface area contributed by atoms with Crippen molar-refractivity contribution in [3.8, 4) is 22.6 Å². The first-order valence-electron chi connectivity index (χ1n) is 16.8. The van der Waals surface area contributed by atoms with Crippen LogP contribution in [-0.2, 0) is 22.6 Å². The molecular weight excluding hydrogens is 649 g/mol. The van der Waals surface area contributed by atoms with E-state index in [1.165, 1.54) is 0 Å². The summed E-state index contributed by atoms with van der Waals surface area (Å²) in [7, 11) is 0. The molecule has 258 valence electrons. The van der Waals surface area contributed by atoms with Crippen molar-refractivity contribution >= 4 is 23.5 Å². The molecule has 1 aliphatic heterocycles. The standard InChI is InChI=1S/C41H42N2O6S/c1-28-38(27-50-24-23-44)48-40(49-39(28)31-13-11-29(26-45)12-14-31)32-17-15-30(16-18-32)37-10-6-5-7-33(37)25-42-41(46)43-34-19-21-36(22-20-34)47-35-8-3-2-4-9-35/h2-22,28,38-40,44-45H,23-27H2,1H3,(H2,42,43,46)/t28-,38+,39+,40+/m0/s1. The molecule has 5 aromatic rings. The third kappa shape index (κ3) is 9.12. The summed E-state index contributed by atoms with van der Waals surface area (Å²) in [5, 5.41) is 24.7. The second-order valence-electron chi connectivity index (χ2n) is 12.1. The molecule has 0 saturated carbocycles. The molecule has 9 heteroatoms. The fourth-order valence-electron chi connectivity index (χ4n) is 5.93. The van der Waals surface area contributed by atoms with Crippen molar-refractivity contribution in [2.75, 3.05) is 23.4 Å². The van der Waals surface area contributed by atoms with Crippen molar-refractivity contribution in [3.63, 3.8) is 0 Å². The zero-order valence-corrected chi connectivity index (χ0v) is 28.7. The van der Waals surface area contributed by atoms with Gasteiger partial charge in [0, 0.05) is 35.2 Å². The molecule has 8 nitrogen and oxygen atoms in total. The van der Waals surface area contributed by atoms with Gasteiger partial charge in [0.25, 0.3) is 0 Å².